The van der Waals surface area contributed by atoms with Crippen LogP contribution in [0.1, 0.15) is 18.4 Å². The number of nitrogens with zero attached hydrogens (tertiary/aromatic N) is 1. The zero-order valence-corrected chi connectivity index (χ0v) is 18.8. The molecule has 1 heterocycles. The molecule has 29 heavy (non-hydrogen) atoms. The van der Waals surface area contributed by atoms with Gasteiger partial charge in [-0.1, -0.05) is 18.2 Å². The van der Waals surface area contributed by atoms with E-state index in [1.165, 1.54) is 6.07 Å². The van der Waals surface area contributed by atoms with Crippen molar-refractivity contribution in [2.45, 2.75) is 25.6 Å². The quantitative estimate of drug-likeness (QED) is 0.210. The smallest absolute Gasteiger partial charge is 0.422 e. The summed E-state index contributed by atoms with van der Waals surface area (Å²) in [5, 5.41) is 6.24. The van der Waals surface area contributed by atoms with Crippen LogP contribution in [-0.4, -0.2) is 58.8 Å². The summed E-state index contributed by atoms with van der Waals surface area (Å²) in [6.45, 7) is 2.63. The highest BCUT2D eigenvalue weighted by Crippen LogP contribution is 2.22. The number of nitrogens with one attached hydrogen (secondary N) is 2. The van der Waals surface area contributed by atoms with Gasteiger partial charge in [0.1, 0.15) is 5.75 Å². The molecule has 2 rings (SSSR count). The Kier molecular flexibility index (Phi) is 12.3. The van der Waals surface area contributed by atoms with Crippen LogP contribution in [0.15, 0.2) is 29.3 Å². The van der Waals surface area contributed by atoms with E-state index in [0.717, 1.165) is 32.7 Å². The van der Waals surface area contributed by atoms with E-state index < -0.39 is 12.8 Å². The molecule has 1 saturated heterocycles. The fourth-order valence-corrected chi connectivity index (χ4v) is 2.70. The lowest BCUT2D eigenvalue weighted by molar-refractivity contribution is -0.153. The molecule has 1 atom stereocenters. The van der Waals surface area contributed by atoms with Crippen LogP contribution in [0.25, 0.3) is 0 Å². The molecule has 1 aromatic rings. The normalized spacial score (nSPS) is 17.0. The van der Waals surface area contributed by atoms with Crippen LogP contribution in [0.2, 0.25) is 0 Å². The molecule has 1 aromatic carbocycles. The molecule has 0 radical (unpaired) electrons. The first-order valence-corrected chi connectivity index (χ1v) is 9.35. The highest BCUT2D eigenvalue weighted by molar-refractivity contribution is 14.0. The predicted molar refractivity (Wildman–Crippen MR) is 116 cm³/mol. The van der Waals surface area contributed by atoms with E-state index in [2.05, 4.69) is 15.6 Å². The summed E-state index contributed by atoms with van der Waals surface area (Å²) >= 11 is 0. The molecule has 0 aliphatic carbocycles. The third-order valence-corrected chi connectivity index (χ3v) is 4.17. The fraction of sp³-hybridized carbons (Fsp3) is 0.632. The topological polar surface area (TPSA) is 64.1 Å². The van der Waals surface area contributed by atoms with Crippen LogP contribution >= 0.6 is 24.0 Å². The molecule has 1 unspecified atom stereocenters. The van der Waals surface area contributed by atoms with Gasteiger partial charge in [-0.15, -0.1) is 24.0 Å². The molecule has 1 fully saturated rings. The average Bonchev–Trinajstić information content (AvgIpc) is 3.18. The number of guanidine groups is 1. The van der Waals surface area contributed by atoms with E-state index >= 15 is 0 Å². The summed E-state index contributed by atoms with van der Waals surface area (Å²) in [7, 11) is 1.64. The third kappa shape index (κ3) is 10.9. The van der Waals surface area contributed by atoms with Crippen molar-refractivity contribution in [1.82, 2.24) is 10.6 Å². The van der Waals surface area contributed by atoms with Gasteiger partial charge < -0.3 is 24.8 Å². The molecule has 0 bridgehead atoms. The zero-order chi connectivity index (χ0) is 20.2. The number of ether oxygens (including phenoxy) is 3. The van der Waals surface area contributed by atoms with E-state index in [0.29, 0.717) is 37.1 Å². The van der Waals surface area contributed by atoms with Gasteiger partial charge in [-0.25, -0.2) is 0 Å². The first-order chi connectivity index (χ1) is 13.5. The van der Waals surface area contributed by atoms with E-state index in [1.807, 2.05) is 0 Å². The molecular formula is C19H29F3IN3O3. The summed E-state index contributed by atoms with van der Waals surface area (Å²) in [6.07, 6.45) is -2.49. The molecule has 6 nitrogen and oxygen atoms in total. The van der Waals surface area contributed by atoms with Gasteiger partial charge in [0.05, 0.1) is 13.2 Å². The summed E-state index contributed by atoms with van der Waals surface area (Å²) in [5.41, 5.74) is 0.622. The molecule has 0 saturated carbocycles. The van der Waals surface area contributed by atoms with Gasteiger partial charge in [0.15, 0.2) is 12.6 Å². The monoisotopic (exact) mass is 531 g/mol. The van der Waals surface area contributed by atoms with Gasteiger partial charge in [-0.3, -0.25) is 4.99 Å². The number of aliphatic imine (C=N–C) groups is 1. The average molecular weight is 531 g/mol. The summed E-state index contributed by atoms with van der Waals surface area (Å²) in [6, 6.07) is 6.62. The van der Waals surface area contributed by atoms with Crippen LogP contribution in [0.4, 0.5) is 13.2 Å². The van der Waals surface area contributed by atoms with Gasteiger partial charge in [0.25, 0.3) is 0 Å². The second-order valence-corrected chi connectivity index (χ2v) is 6.52. The number of benzene rings is 1. The minimum Gasteiger partial charge on any atom is -0.484 e. The molecule has 10 heteroatoms. The lowest BCUT2D eigenvalue weighted by atomic mass is 10.1. The molecule has 166 valence electrons. The Morgan fingerprint density at radius 2 is 2.07 bits per heavy atom. The minimum absolute atomic E-state index is 0. The van der Waals surface area contributed by atoms with Crippen LogP contribution < -0.4 is 15.4 Å². The van der Waals surface area contributed by atoms with Gasteiger partial charge >= 0.3 is 6.18 Å². The van der Waals surface area contributed by atoms with E-state index in [9.17, 15) is 13.2 Å². The maximum absolute atomic E-state index is 12.4. The van der Waals surface area contributed by atoms with Crippen LogP contribution in [0.3, 0.4) is 0 Å². The van der Waals surface area contributed by atoms with E-state index in [4.69, 9.17) is 14.2 Å². The third-order valence-electron chi connectivity index (χ3n) is 4.17. The Morgan fingerprint density at radius 3 is 2.76 bits per heavy atom. The maximum atomic E-state index is 12.4. The van der Waals surface area contributed by atoms with Crippen molar-refractivity contribution in [3.8, 4) is 5.75 Å². The van der Waals surface area contributed by atoms with Crippen LogP contribution in [-0.2, 0) is 16.0 Å². The zero-order valence-electron chi connectivity index (χ0n) is 16.5. The lowest BCUT2D eigenvalue weighted by Crippen LogP contribution is -2.37. The van der Waals surface area contributed by atoms with Crippen molar-refractivity contribution in [3.05, 3.63) is 29.8 Å². The first-order valence-electron chi connectivity index (χ1n) is 9.35. The second-order valence-electron chi connectivity index (χ2n) is 6.52. The van der Waals surface area contributed by atoms with E-state index in [-0.39, 0.29) is 29.7 Å². The molecule has 1 aliphatic heterocycles. The summed E-state index contributed by atoms with van der Waals surface area (Å²) in [4.78, 5) is 4.12. The van der Waals surface area contributed by atoms with Crippen molar-refractivity contribution >= 4 is 29.9 Å². The van der Waals surface area contributed by atoms with Crippen molar-refractivity contribution in [1.29, 1.82) is 0 Å². The largest absolute Gasteiger partial charge is 0.484 e. The second kappa shape index (κ2) is 13.9. The summed E-state index contributed by atoms with van der Waals surface area (Å²) < 4.78 is 52.9. The predicted octanol–water partition coefficient (Wildman–Crippen LogP) is 3.35. The van der Waals surface area contributed by atoms with Gasteiger partial charge in [-0.05, 0) is 18.9 Å². The molecule has 0 spiro atoms. The van der Waals surface area contributed by atoms with Gasteiger partial charge in [-0.2, -0.15) is 13.2 Å². The minimum atomic E-state index is -4.37. The SMILES string of the molecule is CN=C(NCCCOCC1CCOC1)NCc1ccccc1OCC(F)(F)F.I. The Bertz CT molecular complexity index is 612. The number of hydrogen-bond donors (Lipinski definition) is 2. The summed E-state index contributed by atoms with van der Waals surface area (Å²) in [5.74, 6) is 1.27. The Hall–Kier alpha value is -1.27. The van der Waals surface area contributed by atoms with Crippen molar-refractivity contribution < 1.29 is 27.4 Å². The molecule has 1 aliphatic rings. The highest BCUT2D eigenvalue weighted by Gasteiger charge is 2.28. The number of halogens is 4. The van der Waals surface area contributed by atoms with Crippen molar-refractivity contribution in [2.75, 3.05) is 46.6 Å². The van der Waals surface area contributed by atoms with E-state index in [1.54, 1.807) is 25.2 Å². The lowest BCUT2D eigenvalue weighted by Gasteiger charge is -2.15. The molecule has 0 aromatic heterocycles. The molecular weight excluding hydrogens is 502 g/mol. The van der Waals surface area contributed by atoms with Gasteiger partial charge in [0.2, 0.25) is 0 Å². The Balaban J connectivity index is 0.00000420. The highest BCUT2D eigenvalue weighted by atomic mass is 127. The van der Waals surface area contributed by atoms with Crippen molar-refractivity contribution in [3.63, 3.8) is 0 Å². The van der Waals surface area contributed by atoms with Gasteiger partial charge in [0, 0.05) is 44.8 Å². The number of alkyl halides is 3. The van der Waals surface area contributed by atoms with Crippen LogP contribution in [0.5, 0.6) is 5.75 Å². The maximum Gasteiger partial charge on any atom is 0.422 e. The fourth-order valence-electron chi connectivity index (χ4n) is 2.70. The molecule has 2 N–H and O–H groups in total. The number of rotatable bonds is 10. The Labute approximate surface area is 186 Å². The van der Waals surface area contributed by atoms with Crippen LogP contribution in [0, 0.1) is 5.92 Å². The standard InChI is InChI=1S/C19H28F3N3O3.HI/c1-23-18(24-8-4-9-26-12-15-7-10-27-13-15)25-11-16-5-2-3-6-17(16)28-14-19(20,21)22;/h2-3,5-6,15H,4,7-14H2,1H3,(H2,23,24,25);1H. The number of hydrogen-bond acceptors (Lipinski definition) is 4. The first kappa shape index (κ1) is 25.8. The van der Waals surface area contributed by atoms with Crippen molar-refractivity contribution in [2.24, 2.45) is 10.9 Å². The number of para-hydroxylation sites is 1. The molecule has 0 amide bonds. The Morgan fingerprint density at radius 1 is 1.28 bits per heavy atom.